The maximum absolute atomic E-state index is 13.1. The van der Waals surface area contributed by atoms with Gasteiger partial charge in [0.25, 0.3) is 0 Å². The van der Waals surface area contributed by atoms with Crippen LogP contribution in [0.2, 0.25) is 0 Å². The molecule has 0 atom stereocenters. The fourth-order valence-corrected chi connectivity index (χ4v) is 3.58. The highest BCUT2D eigenvalue weighted by Crippen LogP contribution is 2.33. The number of esters is 2. The Kier molecular flexibility index (Phi) is 9.17. The van der Waals surface area contributed by atoms with E-state index in [4.69, 9.17) is 9.47 Å². The van der Waals surface area contributed by atoms with Crippen molar-refractivity contribution in [1.82, 2.24) is 0 Å². The van der Waals surface area contributed by atoms with Gasteiger partial charge in [-0.15, -0.1) is 0 Å². The third kappa shape index (κ3) is 5.81. The zero-order valence-electron chi connectivity index (χ0n) is 18.0. The average Bonchev–Trinajstić information content (AvgIpc) is 2.74. The lowest BCUT2D eigenvalue weighted by molar-refractivity contribution is -0.168. The topological polar surface area (TPSA) is 52.6 Å². The number of hydrogen-bond acceptors (Lipinski definition) is 4. The summed E-state index contributed by atoms with van der Waals surface area (Å²) in [6.07, 6.45) is 7.40. The smallest absolute Gasteiger partial charge is 0.328 e. The van der Waals surface area contributed by atoms with Gasteiger partial charge in [0.2, 0.25) is 0 Å². The molecule has 0 spiro atoms. The second-order valence-corrected chi connectivity index (χ2v) is 7.56. The predicted molar refractivity (Wildman–Crippen MR) is 117 cm³/mol. The van der Waals surface area contributed by atoms with E-state index in [2.05, 4.69) is 6.92 Å². The highest BCUT2D eigenvalue weighted by Gasteiger charge is 2.46. The maximum atomic E-state index is 13.1. The van der Waals surface area contributed by atoms with Crippen LogP contribution in [-0.4, -0.2) is 18.5 Å². The van der Waals surface area contributed by atoms with E-state index in [1.54, 1.807) is 6.07 Å². The largest absolute Gasteiger partial charge is 0.465 e. The third-order valence-electron chi connectivity index (χ3n) is 5.67. The Morgan fingerprint density at radius 1 is 0.793 bits per heavy atom. The van der Waals surface area contributed by atoms with Gasteiger partial charge in [0.15, 0.2) is 5.41 Å². The minimum absolute atomic E-state index is 0.350. The van der Waals surface area contributed by atoms with E-state index in [9.17, 15) is 9.59 Å². The predicted octanol–water partition coefficient (Wildman–Crippen LogP) is 6.46. The van der Waals surface area contributed by atoms with E-state index in [1.165, 1.54) is 19.3 Å². The molecule has 0 N–H and O–H groups in total. The fourth-order valence-electron chi connectivity index (χ4n) is 3.58. The minimum atomic E-state index is -1.26. The van der Waals surface area contributed by atoms with Gasteiger partial charge in [0.1, 0.15) is 5.75 Å². The summed E-state index contributed by atoms with van der Waals surface area (Å²) < 4.78 is 11.2. The molecule has 0 amide bonds. The molecule has 2 rings (SSSR count). The first kappa shape index (κ1) is 22.9. The van der Waals surface area contributed by atoms with Gasteiger partial charge in [-0.05, 0) is 30.7 Å². The second kappa shape index (κ2) is 11.6. The van der Waals surface area contributed by atoms with E-state index in [0.717, 1.165) is 30.0 Å². The lowest BCUT2D eigenvalue weighted by atomic mass is 9.82. The number of carbonyl (C=O) groups excluding carboxylic acids is 2. The molecule has 158 valence electrons. The van der Waals surface area contributed by atoms with Crippen molar-refractivity contribution < 1.29 is 19.1 Å². The van der Waals surface area contributed by atoms with Crippen molar-refractivity contribution in [3.63, 3.8) is 0 Å². The van der Waals surface area contributed by atoms with Crippen LogP contribution in [0.25, 0.3) is 10.8 Å². The molecule has 0 saturated heterocycles. The molecule has 0 radical (unpaired) electrons. The van der Waals surface area contributed by atoms with Crippen LogP contribution in [0.5, 0.6) is 5.75 Å². The molecule has 4 heteroatoms. The van der Waals surface area contributed by atoms with Crippen molar-refractivity contribution in [2.45, 2.75) is 72.1 Å². The molecule has 0 bridgehead atoms. The van der Waals surface area contributed by atoms with Crippen LogP contribution >= 0.6 is 0 Å². The van der Waals surface area contributed by atoms with Crippen LogP contribution in [0.3, 0.4) is 0 Å². The van der Waals surface area contributed by atoms with Gasteiger partial charge in [0, 0.05) is 5.39 Å². The Hall–Kier alpha value is -2.36. The summed E-state index contributed by atoms with van der Waals surface area (Å²) in [4.78, 5) is 25.9. The number of benzene rings is 2. The minimum Gasteiger partial charge on any atom is -0.465 e. The van der Waals surface area contributed by atoms with Crippen molar-refractivity contribution in [2.24, 2.45) is 5.41 Å². The van der Waals surface area contributed by atoms with E-state index >= 15 is 0 Å². The molecular weight excluding hydrogens is 364 g/mol. The van der Waals surface area contributed by atoms with Crippen molar-refractivity contribution >= 4 is 22.7 Å². The van der Waals surface area contributed by atoms with Crippen LogP contribution in [-0.2, 0) is 14.3 Å². The van der Waals surface area contributed by atoms with Gasteiger partial charge in [-0.1, -0.05) is 89.3 Å². The molecule has 2 aromatic carbocycles. The first-order chi connectivity index (χ1) is 14.1. The number of rotatable bonds is 12. The molecule has 0 aromatic heterocycles. The van der Waals surface area contributed by atoms with Crippen LogP contribution in [0.1, 0.15) is 72.1 Å². The molecular formula is C25H34O4. The summed E-state index contributed by atoms with van der Waals surface area (Å²) in [6, 6.07) is 13.3. The molecule has 0 unspecified atom stereocenters. The normalized spacial score (nSPS) is 11.4. The molecule has 0 heterocycles. The van der Waals surface area contributed by atoms with E-state index in [-0.39, 0.29) is 0 Å². The molecule has 2 aromatic rings. The Morgan fingerprint density at radius 3 is 2.17 bits per heavy atom. The standard InChI is InChI=1S/C25H34O4/c1-4-7-8-9-10-13-19-28-23(26)25(5-2,6-3)24(27)29-22-18-14-16-20-15-11-12-17-21(20)22/h11-12,14-18H,4-10,13,19H2,1-3H3. The third-order valence-corrected chi connectivity index (χ3v) is 5.67. The molecule has 29 heavy (non-hydrogen) atoms. The Morgan fingerprint density at radius 2 is 1.45 bits per heavy atom. The van der Waals surface area contributed by atoms with Crippen molar-refractivity contribution in [3.05, 3.63) is 42.5 Å². The number of carbonyl (C=O) groups is 2. The monoisotopic (exact) mass is 398 g/mol. The van der Waals surface area contributed by atoms with Gasteiger partial charge in [-0.3, -0.25) is 9.59 Å². The summed E-state index contributed by atoms with van der Waals surface area (Å²) in [6.45, 7) is 6.21. The van der Waals surface area contributed by atoms with Gasteiger partial charge in [0.05, 0.1) is 6.61 Å². The van der Waals surface area contributed by atoms with Crippen LogP contribution in [0.15, 0.2) is 42.5 Å². The first-order valence-electron chi connectivity index (χ1n) is 11.0. The van der Waals surface area contributed by atoms with E-state index in [0.29, 0.717) is 25.2 Å². The van der Waals surface area contributed by atoms with E-state index < -0.39 is 17.4 Å². The van der Waals surface area contributed by atoms with Crippen LogP contribution in [0.4, 0.5) is 0 Å². The Balaban J connectivity index is 2.02. The zero-order valence-corrected chi connectivity index (χ0v) is 18.0. The van der Waals surface area contributed by atoms with Crippen LogP contribution in [0, 0.1) is 5.41 Å². The highest BCUT2D eigenvalue weighted by atomic mass is 16.6. The number of fused-ring (bicyclic) bond motifs is 1. The summed E-state index contributed by atoms with van der Waals surface area (Å²) in [5, 5.41) is 1.84. The summed E-state index contributed by atoms with van der Waals surface area (Å²) in [5.74, 6) is -0.531. The van der Waals surface area contributed by atoms with E-state index in [1.807, 2.05) is 50.2 Å². The maximum Gasteiger partial charge on any atom is 0.328 e. The van der Waals surface area contributed by atoms with Gasteiger partial charge >= 0.3 is 11.9 Å². The summed E-state index contributed by atoms with van der Waals surface area (Å²) >= 11 is 0. The van der Waals surface area contributed by atoms with Crippen molar-refractivity contribution in [3.8, 4) is 5.75 Å². The fraction of sp³-hybridized carbons (Fsp3) is 0.520. The average molecular weight is 399 g/mol. The Bertz CT molecular complexity index is 787. The van der Waals surface area contributed by atoms with Gasteiger partial charge in [-0.25, -0.2) is 0 Å². The molecule has 0 aliphatic heterocycles. The Labute approximate surface area is 174 Å². The molecule has 4 nitrogen and oxygen atoms in total. The molecule has 0 fully saturated rings. The number of ether oxygens (including phenoxy) is 2. The molecule has 0 aliphatic carbocycles. The van der Waals surface area contributed by atoms with Gasteiger partial charge in [-0.2, -0.15) is 0 Å². The zero-order chi connectivity index (χ0) is 21.1. The molecule has 0 saturated carbocycles. The van der Waals surface area contributed by atoms with Crippen molar-refractivity contribution in [1.29, 1.82) is 0 Å². The number of hydrogen-bond donors (Lipinski definition) is 0. The molecule has 0 aliphatic rings. The lowest BCUT2D eigenvalue weighted by Crippen LogP contribution is -2.42. The number of unbranched alkanes of at least 4 members (excludes halogenated alkanes) is 5. The van der Waals surface area contributed by atoms with Crippen LogP contribution < -0.4 is 4.74 Å². The van der Waals surface area contributed by atoms with Crippen molar-refractivity contribution in [2.75, 3.05) is 6.61 Å². The summed E-state index contributed by atoms with van der Waals surface area (Å²) in [5.41, 5.74) is -1.26. The van der Waals surface area contributed by atoms with Gasteiger partial charge < -0.3 is 9.47 Å². The second-order valence-electron chi connectivity index (χ2n) is 7.56. The SMILES string of the molecule is CCCCCCCCOC(=O)C(CC)(CC)C(=O)Oc1cccc2ccccc12. The lowest BCUT2D eigenvalue weighted by Gasteiger charge is -2.27. The summed E-state index contributed by atoms with van der Waals surface area (Å²) in [7, 11) is 0. The highest BCUT2D eigenvalue weighted by molar-refractivity contribution is 6.02. The first-order valence-corrected chi connectivity index (χ1v) is 11.0. The quantitative estimate of drug-likeness (QED) is 0.178.